The molecule has 0 fully saturated rings. The molecule has 0 spiro atoms. The molecule has 1 unspecified atom stereocenters. The van der Waals surface area contributed by atoms with Crippen LogP contribution in [0.5, 0.6) is 0 Å². The lowest BCUT2D eigenvalue weighted by Gasteiger charge is -2.19. The zero-order valence-electron chi connectivity index (χ0n) is 39.8. The fourth-order valence-corrected chi connectivity index (χ4v) is 7.60. The minimum absolute atomic E-state index is 0.0523. The van der Waals surface area contributed by atoms with Gasteiger partial charge in [0.25, 0.3) is 0 Å². The van der Waals surface area contributed by atoms with Gasteiger partial charge in [-0.2, -0.15) is 0 Å². The van der Waals surface area contributed by atoms with E-state index in [4.69, 9.17) is 23.7 Å². The van der Waals surface area contributed by atoms with Crippen LogP contribution in [0.25, 0.3) is 0 Å². The van der Waals surface area contributed by atoms with Gasteiger partial charge in [0.05, 0.1) is 19.6 Å². The van der Waals surface area contributed by atoms with Crippen LogP contribution in [0.15, 0.2) is 18.2 Å². The maximum Gasteiger partial charge on any atom is 0.306 e. The summed E-state index contributed by atoms with van der Waals surface area (Å²) in [6.45, 7) is 10.6. The van der Waals surface area contributed by atoms with Gasteiger partial charge in [-0.1, -0.05) is 175 Å². The zero-order chi connectivity index (χ0) is 44.4. The molecule has 1 N–H and O–H groups in total. The van der Waals surface area contributed by atoms with Crippen molar-refractivity contribution in [3.05, 3.63) is 34.9 Å². The van der Waals surface area contributed by atoms with Crippen molar-refractivity contribution in [1.29, 1.82) is 0 Å². The van der Waals surface area contributed by atoms with Gasteiger partial charge in [0.1, 0.15) is 13.2 Å². The minimum Gasteiger partial charge on any atom is -0.465 e. The van der Waals surface area contributed by atoms with E-state index in [0.717, 1.165) is 56.1 Å². The van der Waals surface area contributed by atoms with E-state index in [1.165, 1.54) is 116 Å². The Kier molecular flexibility index (Phi) is 38.5. The van der Waals surface area contributed by atoms with Crippen LogP contribution in [0.3, 0.4) is 0 Å². The van der Waals surface area contributed by atoms with Crippen LogP contribution in [0.4, 0.5) is 0 Å². The van der Waals surface area contributed by atoms with Crippen LogP contribution in [0.2, 0.25) is 0 Å². The second-order valence-corrected chi connectivity index (χ2v) is 17.4. The molecule has 9 heteroatoms. The second-order valence-electron chi connectivity index (χ2n) is 17.4. The van der Waals surface area contributed by atoms with Crippen molar-refractivity contribution in [2.24, 2.45) is 5.92 Å². The molecular formula is C52H92O9. The highest BCUT2D eigenvalue weighted by molar-refractivity contribution is 5.70. The van der Waals surface area contributed by atoms with Crippen molar-refractivity contribution in [3.8, 4) is 0 Å². The molecule has 61 heavy (non-hydrogen) atoms. The van der Waals surface area contributed by atoms with Gasteiger partial charge >= 0.3 is 17.9 Å². The summed E-state index contributed by atoms with van der Waals surface area (Å²) in [6, 6.07) is 5.42. The average molecular weight is 861 g/mol. The maximum atomic E-state index is 12.8. The number of unbranched alkanes of at least 4 members (excludes halogenated alkanes) is 20. The van der Waals surface area contributed by atoms with Crippen molar-refractivity contribution >= 4 is 17.9 Å². The fraction of sp³-hybridized carbons (Fsp3) is 0.827. The summed E-state index contributed by atoms with van der Waals surface area (Å²) in [5.41, 5.74) is 2.10. The topological polar surface area (TPSA) is 118 Å². The van der Waals surface area contributed by atoms with Crippen molar-refractivity contribution in [1.82, 2.24) is 0 Å². The first-order valence-electron chi connectivity index (χ1n) is 25.3. The second kappa shape index (κ2) is 41.5. The molecule has 1 atom stereocenters. The average Bonchev–Trinajstić information content (AvgIpc) is 3.26. The zero-order valence-corrected chi connectivity index (χ0v) is 39.8. The van der Waals surface area contributed by atoms with Gasteiger partial charge in [0, 0.05) is 32.5 Å². The van der Waals surface area contributed by atoms with Crippen LogP contribution in [-0.4, -0.2) is 49.1 Å². The fourth-order valence-electron chi connectivity index (χ4n) is 7.60. The minimum atomic E-state index is -0.429. The number of benzene rings is 1. The van der Waals surface area contributed by atoms with Crippen molar-refractivity contribution in [3.63, 3.8) is 0 Å². The molecule has 0 aliphatic rings. The smallest absolute Gasteiger partial charge is 0.306 e. The molecule has 0 aromatic heterocycles. The summed E-state index contributed by atoms with van der Waals surface area (Å²) >= 11 is 0. The maximum absolute atomic E-state index is 12.8. The molecule has 1 rings (SSSR count). The van der Waals surface area contributed by atoms with Gasteiger partial charge in [-0.05, 0) is 67.2 Å². The first-order valence-corrected chi connectivity index (χ1v) is 25.3. The summed E-state index contributed by atoms with van der Waals surface area (Å²) in [6.07, 6.45) is 32.0. The molecule has 0 radical (unpaired) electrons. The molecule has 0 saturated carbocycles. The molecule has 1 aromatic carbocycles. The Hall–Kier alpha value is -2.49. The van der Waals surface area contributed by atoms with Crippen molar-refractivity contribution in [2.75, 3.05) is 19.8 Å². The standard InChI is InChI=1S/C52H92O9/c1-5-9-13-17-20-25-31-45(30-24-16-12-8-4)42-59-49(54)32-26-23-27-33-50(55)60-43-47-38-46(41-53)39-48(40-47)44-61-51(56)34-35-52(57-36-28-21-18-14-10-6-2)58-37-29-22-19-15-11-7-3/h38-40,45,52-53H,5-37,41-44H2,1-4H3. The summed E-state index contributed by atoms with van der Waals surface area (Å²) in [4.78, 5) is 37.9. The van der Waals surface area contributed by atoms with Gasteiger partial charge in [-0.3, -0.25) is 14.4 Å². The highest BCUT2D eigenvalue weighted by Gasteiger charge is 2.16. The quantitative estimate of drug-likeness (QED) is 0.0296. The van der Waals surface area contributed by atoms with E-state index in [9.17, 15) is 19.5 Å². The van der Waals surface area contributed by atoms with E-state index in [0.29, 0.717) is 57.0 Å². The molecule has 354 valence electrons. The van der Waals surface area contributed by atoms with E-state index >= 15 is 0 Å². The van der Waals surface area contributed by atoms with Crippen molar-refractivity contribution < 1.29 is 43.2 Å². The molecular weight excluding hydrogens is 769 g/mol. The highest BCUT2D eigenvalue weighted by Crippen LogP contribution is 2.21. The molecule has 0 aliphatic heterocycles. The molecule has 0 amide bonds. The predicted octanol–water partition coefficient (Wildman–Crippen LogP) is 14.0. The third kappa shape index (κ3) is 34.7. The Morgan fingerprint density at radius 3 is 1.30 bits per heavy atom. The van der Waals surface area contributed by atoms with E-state index in [2.05, 4.69) is 27.7 Å². The normalized spacial score (nSPS) is 11.9. The highest BCUT2D eigenvalue weighted by atomic mass is 16.7. The SMILES string of the molecule is CCCCCCCCOC(CCC(=O)OCc1cc(CO)cc(COC(=O)CCCCCC(=O)OCC(CCCCCC)CCCCCCCC)c1)OCCCCCCCC. The number of ether oxygens (including phenoxy) is 5. The first kappa shape index (κ1) is 56.5. The van der Waals surface area contributed by atoms with Gasteiger partial charge < -0.3 is 28.8 Å². The number of aliphatic hydroxyl groups is 1. The number of carbonyl (C=O) groups is 3. The Morgan fingerprint density at radius 1 is 0.443 bits per heavy atom. The Balaban J connectivity index is 2.44. The van der Waals surface area contributed by atoms with Gasteiger partial charge in [-0.15, -0.1) is 0 Å². The molecule has 0 aliphatic carbocycles. The summed E-state index contributed by atoms with van der Waals surface area (Å²) in [7, 11) is 0. The number of esters is 3. The molecule has 1 aromatic rings. The number of hydrogen-bond acceptors (Lipinski definition) is 9. The van der Waals surface area contributed by atoms with Crippen LogP contribution < -0.4 is 0 Å². The van der Waals surface area contributed by atoms with E-state index < -0.39 is 6.29 Å². The monoisotopic (exact) mass is 861 g/mol. The van der Waals surface area contributed by atoms with Crippen LogP contribution >= 0.6 is 0 Å². The lowest BCUT2D eigenvalue weighted by Crippen LogP contribution is -2.21. The third-order valence-electron chi connectivity index (χ3n) is 11.5. The first-order chi connectivity index (χ1) is 29.8. The van der Waals surface area contributed by atoms with Gasteiger partial charge in [0.15, 0.2) is 6.29 Å². The van der Waals surface area contributed by atoms with Crippen LogP contribution in [-0.2, 0) is 57.9 Å². The molecule has 9 nitrogen and oxygen atoms in total. The number of aliphatic hydroxyl groups excluding tert-OH is 1. The third-order valence-corrected chi connectivity index (χ3v) is 11.5. The van der Waals surface area contributed by atoms with Crippen LogP contribution in [0, 0.1) is 5.92 Å². The Morgan fingerprint density at radius 2 is 0.820 bits per heavy atom. The Bertz CT molecular complexity index is 1170. The molecule has 0 heterocycles. The lowest BCUT2D eigenvalue weighted by molar-refractivity contribution is -0.160. The number of carbonyl (C=O) groups excluding carboxylic acids is 3. The summed E-state index contributed by atoms with van der Waals surface area (Å²) in [5, 5.41) is 9.88. The largest absolute Gasteiger partial charge is 0.465 e. The molecule has 0 saturated heterocycles. The van der Waals surface area contributed by atoms with Gasteiger partial charge in [-0.25, -0.2) is 0 Å². The number of rotatable bonds is 44. The lowest BCUT2D eigenvalue weighted by atomic mass is 9.95. The molecule has 0 bridgehead atoms. The van der Waals surface area contributed by atoms with E-state index in [1.807, 2.05) is 6.07 Å². The predicted molar refractivity (Wildman–Crippen MR) is 248 cm³/mol. The Labute approximate surface area is 373 Å². The van der Waals surface area contributed by atoms with Gasteiger partial charge in [0.2, 0.25) is 0 Å². The number of hydrogen-bond donors (Lipinski definition) is 1. The summed E-state index contributed by atoms with van der Waals surface area (Å²) < 4.78 is 29.1. The van der Waals surface area contributed by atoms with E-state index in [1.54, 1.807) is 12.1 Å². The summed E-state index contributed by atoms with van der Waals surface area (Å²) in [5.74, 6) is -0.331. The van der Waals surface area contributed by atoms with E-state index in [-0.39, 0.29) is 50.6 Å². The van der Waals surface area contributed by atoms with Crippen molar-refractivity contribution in [2.45, 2.75) is 253 Å². The van der Waals surface area contributed by atoms with Crippen LogP contribution in [0.1, 0.15) is 243 Å².